The third kappa shape index (κ3) is 6.30. The lowest BCUT2D eigenvalue weighted by atomic mass is 10.0. The summed E-state index contributed by atoms with van der Waals surface area (Å²) in [5.41, 5.74) is -0.432. The SMILES string of the molecule is CC(CC1CCCCCN1C(=O)OC(C)(C)C)NC1CCOC1. The summed E-state index contributed by atoms with van der Waals surface area (Å²) < 4.78 is 11.1. The Morgan fingerprint density at radius 2 is 2.09 bits per heavy atom. The molecule has 0 aromatic carbocycles. The normalized spacial score (nSPS) is 27.6. The number of rotatable bonds is 4. The summed E-state index contributed by atoms with van der Waals surface area (Å²) in [6.07, 6.45) is 6.47. The van der Waals surface area contributed by atoms with Crippen LogP contribution in [0.5, 0.6) is 0 Å². The maximum Gasteiger partial charge on any atom is 0.410 e. The van der Waals surface area contributed by atoms with Crippen LogP contribution in [0.3, 0.4) is 0 Å². The van der Waals surface area contributed by atoms with Crippen molar-refractivity contribution in [2.45, 2.75) is 89.9 Å². The molecule has 2 heterocycles. The third-order valence-corrected chi connectivity index (χ3v) is 4.58. The van der Waals surface area contributed by atoms with Crippen LogP contribution in [-0.2, 0) is 9.47 Å². The Morgan fingerprint density at radius 3 is 2.74 bits per heavy atom. The predicted molar refractivity (Wildman–Crippen MR) is 91.6 cm³/mol. The first kappa shape index (κ1) is 18.5. The van der Waals surface area contributed by atoms with Crippen molar-refractivity contribution in [1.82, 2.24) is 10.2 Å². The quantitative estimate of drug-likeness (QED) is 0.861. The van der Waals surface area contributed by atoms with E-state index in [0.29, 0.717) is 12.1 Å². The molecule has 2 aliphatic heterocycles. The molecule has 0 aromatic rings. The van der Waals surface area contributed by atoms with Crippen LogP contribution in [0, 0.1) is 0 Å². The zero-order valence-corrected chi connectivity index (χ0v) is 15.3. The zero-order valence-electron chi connectivity index (χ0n) is 15.3. The van der Waals surface area contributed by atoms with Gasteiger partial charge < -0.3 is 19.7 Å². The Balaban J connectivity index is 1.92. The molecule has 3 unspecified atom stereocenters. The summed E-state index contributed by atoms with van der Waals surface area (Å²) in [5, 5.41) is 3.65. The van der Waals surface area contributed by atoms with Crippen molar-refractivity contribution >= 4 is 6.09 Å². The predicted octanol–water partition coefficient (Wildman–Crippen LogP) is 3.32. The van der Waals surface area contributed by atoms with Crippen molar-refractivity contribution < 1.29 is 14.3 Å². The molecule has 0 aromatic heterocycles. The van der Waals surface area contributed by atoms with E-state index in [0.717, 1.165) is 45.4 Å². The molecule has 2 saturated heterocycles. The van der Waals surface area contributed by atoms with Gasteiger partial charge in [-0.25, -0.2) is 4.79 Å². The van der Waals surface area contributed by atoms with Crippen LogP contribution in [0.25, 0.3) is 0 Å². The minimum absolute atomic E-state index is 0.152. The highest BCUT2D eigenvalue weighted by Crippen LogP contribution is 2.23. The number of hydrogen-bond acceptors (Lipinski definition) is 4. The van der Waals surface area contributed by atoms with Crippen molar-refractivity contribution in [1.29, 1.82) is 0 Å². The summed E-state index contributed by atoms with van der Waals surface area (Å²) in [6.45, 7) is 10.5. The van der Waals surface area contributed by atoms with Gasteiger partial charge in [0.15, 0.2) is 0 Å². The fourth-order valence-electron chi connectivity index (χ4n) is 3.53. The highest BCUT2D eigenvalue weighted by Gasteiger charge is 2.31. The fourth-order valence-corrected chi connectivity index (χ4v) is 3.53. The zero-order chi connectivity index (χ0) is 16.9. The molecule has 3 atom stereocenters. The van der Waals surface area contributed by atoms with Crippen LogP contribution in [0.15, 0.2) is 0 Å². The number of nitrogens with zero attached hydrogens (tertiary/aromatic N) is 1. The van der Waals surface area contributed by atoms with Crippen molar-refractivity contribution in [2.75, 3.05) is 19.8 Å². The first-order chi connectivity index (χ1) is 10.8. The number of hydrogen-bond donors (Lipinski definition) is 1. The topological polar surface area (TPSA) is 50.8 Å². The second kappa shape index (κ2) is 8.34. The van der Waals surface area contributed by atoms with Gasteiger partial charge in [0, 0.05) is 31.3 Å². The molecule has 0 bridgehead atoms. The molecule has 0 aliphatic carbocycles. The van der Waals surface area contributed by atoms with Gasteiger partial charge in [0.2, 0.25) is 0 Å². The molecule has 2 fully saturated rings. The van der Waals surface area contributed by atoms with E-state index in [4.69, 9.17) is 9.47 Å². The molecule has 23 heavy (non-hydrogen) atoms. The van der Waals surface area contributed by atoms with Crippen molar-refractivity contribution in [3.63, 3.8) is 0 Å². The lowest BCUT2D eigenvalue weighted by molar-refractivity contribution is 0.0149. The molecular weight excluding hydrogens is 292 g/mol. The van der Waals surface area contributed by atoms with Gasteiger partial charge >= 0.3 is 6.09 Å². The van der Waals surface area contributed by atoms with Gasteiger partial charge in [-0.2, -0.15) is 0 Å². The van der Waals surface area contributed by atoms with Crippen LogP contribution >= 0.6 is 0 Å². The number of amides is 1. The first-order valence-corrected chi connectivity index (χ1v) is 9.18. The van der Waals surface area contributed by atoms with Gasteiger partial charge in [0.05, 0.1) is 6.61 Å². The van der Waals surface area contributed by atoms with E-state index in [-0.39, 0.29) is 12.1 Å². The first-order valence-electron chi connectivity index (χ1n) is 9.18. The second-order valence-corrected chi connectivity index (χ2v) is 8.04. The summed E-state index contributed by atoms with van der Waals surface area (Å²) >= 11 is 0. The van der Waals surface area contributed by atoms with Gasteiger partial charge in [0.1, 0.15) is 5.60 Å². The average Bonchev–Trinajstić information content (AvgIpc) is 2.81. The molecule has 0 spiro atoms. The Morgan fingerprint density at radius 1 is 1.30 bits per heavy atom. The van der Waals surface area contributed by atoms with Gasteiger partial charge in [0.25, 0.3) is 0 Å². The number of carbonyl (C=O) groups excluding carboxylic acids is 1. The number of nitrogens with one attached hydrogen (secondary N) is 1. The molecule has 2 rings (SSSR count). The molecule has 0 saturated carbocycles. The minimum Gasteiger partial charge on any atom is -0.444 e. The standard InChI is InChI=1S/C18H34N2O3/c1-14(19-15-9-11-22-13-15)12-16-8-6-5-7-10-20(16)17(21)23-18(2,3)4/h14-16,19H,5-13H2,1-4H3. The van der Waals surface area contributed by atoms with E-state index >= 15 is 0 Å². The summed E-state index contributed by atoms with van der Waals surface area (Å²) in [5.74, 6) is 0. The Kier molecular flexibility index (Phi) is 6.72. The highest BCUT2D eigenvalue weighted by molar-refractivity contribution is 5.68. The minimum atomic E-state index is -0.432. The van der Waals surface area contributed by atoms with Gasteiger partial charge in [-0.1, -0.05) is 12.8 Å². The van der Waals surface area contributed by atoms with Crippen molar-refractivity contribution in [2.24, 2.45) is 0 Å². The molecule has 2 aliphatic rings. The number of ether oxygens (including phenoxy) is 2. The molecule has 5 heteroatoms. The lowest BCUT2D eigenvalue weighted by Crippen LogP contribution is -2.47. The summed E-state index contributed by atoms with van der Waals surface area (Å²) in [7, 11) is 0. The van der Waals surface area contributed by atoms with Crippen LogP contribution < -0.4 is 5.32 Å². The largest absolute Gasteiger partial charge is 0.444 e. The maximum absolute atomic E-state index is 12.6. The van der Waals surface area contributed by atoms with E-state index in [1.54, 1.807) is 0 Å². The van der Waals surface area contributed by atoms with Crippen LogP contribution in [0.4, 0.5) is 4.79 Å². The Hall–Kier alpha value is -0.810. The van der Waals surface area contributed by atoms with Gasteiger partial charge in [-0.05, 0) is 53.4 Å². The van der Waals surface area contributed by atoms with Crippen LogP contribution in [-0.4, -0.2) is 54.5 Å². The molecular formula is C18H34N2O3. The van der Waals surface area contributed by atoms with E-state index in [2.05, 4.69) is 12.2 Å². The van der Waals surface area contributed by atoms with Crippen LogP contribution in [0.1, 0.15) is 66.2 Å². The third-order valence-electron chi connectivity index (χ3n) is 4.58. The van der Waals surface area contributed by atoms with E-state index < -0.39 is 5.60 Å². The maximum atomic E-state index is 12.6. The smallest absolute Gasteiger partial charge is 0.410 e. The molecule has 5 nitrogen and oxygen atoms in total. The average molecular weight is 326 g/mol. The monoisotopic (exact) mass is 326 g/mol. The highest BCUT2D eigenvalue weighted by atomic mass is 16.6. The second-order valence-electron chi connectivity index (χ2n) is 8.04. The molecule has 0 radical (unpaired) electrons. The summed E-state index contributed by atoms with van der Waals surface area (Å²) in [6, 6.07) is 1.12. The van der Waals surface area contributed by atoms with Gasteiger partial charge in [-0.15, -0.1) is 0 Å². The number of likely N-dealkylation sites (tertiary alicyclic amines) is 1. The van der Waals surface area contributed by atoms with Gasteiger partial charge in [-0.3, -0.25) is 0 Å². The fraction of sp³-hybridized carbons (Fsp3) is 0.944. The molecule has 1 amide bonds. The van der Waals surface area contributed by atoms with E-state index in [1.807, 2.05) is 25.7 Å². The lowest BCUT2D eigenvalue weighted by Gasteiger charge is -2.34. The van der Waals surface area contributed by atoms with Crippen molar-refractivity contribution in [3.05, 3.63) is 0 Å². The summed E-state index contributed by atoms with van der Waals surface area (Å²) in [4.78, 5) is 14.5. The Bertz CT molecular complexity index is 375. The van der Waals surface area contributed by atoms with E-state index in [1.165, 1.54) is 12.8 Å². The molecule has 134 valence electrons. The molecule has 1 N–H and O–H groups in total. The van der Waals surface area contributed by atoms with E-state index in [9.17, 15) is 4.79 Å². The van der Waals surface area contributed by atoms with Crippen molar-refractivity contribution in [3.8, 4) is 0 Å². The number of carbonyl (C=O) groups is 1. The Labute approximate surface area is 141 Å². The van der Waals surface area contributed by atoms with Crippen LogP contribution in [0.2, 0.25) is 0 Å².